The van der Waals surface area contributed by atoms with Crippen LogP contribution in [0.15, 0.2) is 42.7 Å². The van der Waals surface area contributed by atoms with E-state index in [0.717, 1.165) is 29.2 Å². The first-order valence-electron chi connectivity index (χ1n) is 6.45. The van der Waals surface area contributed by atoms with E-state index in [1.807, 2.05) is 24.3 Å². The molecule has 4 heteroatoms. The number of anilines is 1. The Bertz CT molecular complexity index is 543. The van der Waals surface area contributed by atoms with Crippen LogP contribution in [-0.2, 0) is 6.54 Å². The van der Waals surface area contributed by atoms with Crippen molar-refractivity contribution in [3.63, 3.8) is 0 Å². The molecule has 0 fully saturated rings. The second-order valence-corrected chi connectivity index (χ2v) is 4.39. The summed E-state index contributed by atoms with van der Waals surface area (Å²) < 4.78 is 11.5. The minimum absolute atomic E-state index is 0.693. The van der Waals surface area contributed by atoms with Crippen LogP contribution < -0.4 is 14.8 Å². The molecule has 19 heavy (non-hydrogen) atoms. The van der Waals surface area contributed by atoms with Crippen LogP contribution in [0.4, 0.5) is 5.69 Å². The highest BCUT2D eigenvalue weighted by molar-refractivity contribution is 5.49. The van der Waals surface area contributed by atoms with Gasteiger partial charge in [0.2, 0.25) is 0 Å². The van der Waals surface area contributed by atoms with Gasteiger partial charge in [-0.15, -0.1) is 0 Å². The van der Waals surface area contributed by atoms with Crippen LogP contribution in [-0.4, -0.2) is 18.2 Å². The number of benzene rings is 1. The van der Waals surface area contributed by atoms with E-state index in [0.29, 0.717) is 19.8 Å². The molecule has 1 aromatic heterocycles. The molecule has 2 heterocycles. The van der Waals surface area contributed by atoms with Gasteiger partial charge in [0.15, 0.2) is 11.5 Å². The molecule has 0 saturated heterocycles. The number of pyridine rings is 1. The van der Waals surface area contributed by atoms with Gasteiger partial charge in [0.1, 0.15) is 0 Å². The fourth-order valence-electron chi connectivity index (χ4n) is 2.06. The van der Waals surface area contributed by atoms with Gasteiger partial charge in [-0.05, 0) is 18.2 Å². The first-order chi connectivity index (χ1) is 9.43. The number of nitrogens with one attached hydrogen (secondary N) is 1. The summed E-state index contributed by atoms with van der Waals surface area (Å²) in [6, 6.07) is 9.90. The number of hydrogen-bond donors (Lipinski definition) is 1. The Morgan fingerprint density at radius 1 is 1.11 bits per heavy atom. The van der Waals surface area contributed by atoms with Crippen LogP contribution in [0, 0.1) is 0 Å². The highest BCUT2D eigenvalue weighted by atomic mass is 16.5. The van der Waals surface area contributed by atoms with Gasteiger partial charge in [0.25, 0.3) is 0 Å². The summed E-state index contributed by atoms with van der Waals surface area (Å²) in [6.07, 6.45) is 4.49. The number of ether oxygens (including phenoxy) is 2. The lowest BCUT2D eigenvalue weighted by Gasteiger charge is -2.13. The summed E-state index contributed by atoms with van der Waals surface area (Å²) in [5.41, 5.74) is 2.10. The smallest absolute Gasteiger partial charge is 0.166 e. The Morgan fingerprint density at radius 3 is 2.95 bits per heavy atom. The predicted molar refractivity (Wildman–Crippen MR) is 73.6 cm³/mol. The van der Waals surface area contributed by atoms with E-state index in [4.69, 9.17) is 9.47 Å². The Balaban J connectivity index is 1.78. The van der Waals surface area contributed by atoms with Crippen LogP contribution in [0.2, 0.25) is 0 Å². The van der Waals surface area contributed by atoms with Crippen molar-refractivity contribution in [3.8, 4) is 11.5 Å². The Hall–Kier alpha value is -2.23. The molecule has 1 aliphatic heterocycles. The molecule has 0 bridgehead atoms. The average molecular weight is 256 g/mol. The van der Waals surface area contributed by atoms with Gasteiger partial charge < -0.3 is 14.8 Å². The zero-order valence-corrected chi connectivity index (χ0v) is 10.6. The predicted octanol–water partition coefficient (Wildman–Crippen LogP) is 2.86. The molecule has 0 unspecified atom stereocenters. The fourth-order valence-corrected chi connectivity index (χ4v) is 2.06. The molecule has 1 aliphatic rings. The van der Waals surface area contributed by atoms with E-state index in [-0.39, 0.29) is 0 Å². The molecule has 0 radical (unpaired) electrons. The summed E-state index contributed by atoms with van der Waals surface area (Å²) in [4.78, 5) is 4.08. The second kappa shape index (κ2) is 5.61. The van der Waals surface area contributed by atoms with Gasteiger partial charge in [0.05, 0.1) is 18.9 Å². The van der Waals surface area contributed by atoms with Crippen molar-refractivity contribution in [1.82, 2.24) is 4.98 Å². The van der Waals surface area contributed by atoms with Crippen LogP contribution >= 0.6 is 0 Å². The topological polar surface area (TPSA) is 43.4 Å². The summed E-state index contributed by atoms with van der Waals surface area (Å²) in [5, 5.41) is 3.33. The van der Waals surface area contributed by atoms with Crippen LogP contribution in [0.3, 0.4) is 0 Å². The van der Waals surface area contributed by atoms with Gasteiger partial charge in [-0.25, -0.2) is 0 Å². The maximum atomic E-state index is 5.79. The van der Waals surface area contributed by atoms with Crippen molar-refractivity contribution in [3.05, 3.63) is 48.3 Å². The van der Waals surface area contributed by atoms with Crippen molar-refractivity contribution >= 4 is 5.69 Å². The normalized spacial score (nSPS) is 13.7. The molecule has 1 aromatic carbocycles. The zero-order chi connectivity index (χ0) is 12.9. The largest absolute Gasteiger partial charge is 0.490 e. The van der Waals surface area contributed by atoms with Crippen molar-refractivity contribution in [1.29, 1.82) is 0 Å². The SMILES string of the molecule is c1cncc(NCc2cccc3c2OCCCO3)c1. The Labute approximate surface area is 112 Å². The van der Waals surface area contributed by atoms with Gasteiger partial charge >= 0.3 is 0 Å². The van der Waals surface area contributed by atoms with Gasteiger partial charge in [0, 0.05) is 30.9 Å². The van der Waals surface area contributed by atoms with Crippen molar-refractivity contribution in [2.45, 2.75) is 13.0 Å². The standard InChI is InChI=1S/C15H16N2O2/c1-4-12(10-17-13-5-2-7-16-11-13)15-14(6-1)18-8-3-9-19-15/h1-2,4-7,11,17H,3,8-10H2. The summed E-state index contributed by atoms with van der Waals surface area (Å²) in [7, 11) is 0. The highest BCUT2D eigenvalue weighted by Crippen LogP contribution is 2.33. The Morgan fingerprint density at radius 2 is 2.05 bits per heavy atom. The molecule has 2 aromatic rings. The van der Waals surface area contributed by atoms with E-state index in [1.54, 1.807) is 12.4 Å². The quantitative estimate of drug-likeness (QED) is 0.917. The number of hydrogen-bond acceptors (Lipinski definition) is 4. The molecule has 4 nitrogen and oxygen atoms in total. The first kappa shape index (κ1) is 11.8. The van der Waals surface area contributed by atoms with Crippen molar-refractivity contribution in [2.75, 3.05) is 18.5 Å². The van der Waals surface area contributed by atoms with Gasteiger partial charge in [-0.3, -0.25) is 4.98 Å². The minimum Gasteiger partial charge on any atom is -0.490 e. The maximum absolute atomic E-state index is 5.79. The molecule has 0 amide bonds. The second-order valence-electron chi connectivity index (χ2n) is 4.39. The average Bonchev–Trinajstić information content (AvgIpc) is 2.72. The number of nitrogens with zero attached hydrogens (tertiary/aromatic N) is 1. The van der Waals surface area contributed by atoms with Crippen LogP contribution in [0.1, 0.15) is 12.0 Å². The molecule has 0 saturated carbocycles. The minimum atomic E-state index is 0.693. The number of rotatable bonds is 3. The van der Waals surface area contributed by atoms with Crippen molar-refractivity contribution < 1.29 is 9.47 Å². The molecular weight excluding hydrogens is 240 g/mol. The molecule has 0 atom stereocenters. The van der Waals surface area contributed by atoms with Crippen LogP contribution in [0.25, 0.3) is 0 Å². The van der Waals surface area contributed by atoms with E-state index in [1.165, 1.54) is 0 Å². The highest BCUT2D eigenvalue weighted by Gasteiger charge is 2.13. The summed E-state index contributed by atoms with van der Waals surface area (Å²) in [6.45, 7) is 2.11. The molecule has 0 aliphatic carbocycles. The van der Waals surface area contributed by atoms with Gasteiger partial charge in [-0.2, -0.15) is 0 Å². The Kier molecular flexibility index (Phi) is 3.49. The lowest BCUT2D eigenvalue weighted by molar-refractivity contribution is 0.296. The number of para-hydroxylation sites is 1. The third kappa shape index (κ3) is 2.78. The molecular formula is C15H16N2O2. The lowest BCUT2D eigenvalue weighted by atomic mass is 10.2. The molecule has 0 spiro atoms. The third-order valence-corrected chi connectivity index (χ3v) is 3.00. The summed E-state index contributed by atoms with van der Waals surface area (Å²) >= 11 is 0. The maximum Gasteiger partial charge on any atom is 0.166 e. The first-order valence-corrected chi connectivity index (χ1v) is 6.45. The van der Waals surface area contributed by atoms with E-state index in [9.17, 15) is 0 Å². The van der Waals surface area contributed by atoms with Crippen molar-refractivity contribution in [2.24, 2.45) is 0 Å². The molecule has 98 valence electrons. The van der Waals surface area contributed by atoms with E-state index in [2.05, 4.69) is 16.4 Å². The van der Waals surface area contributed by atoms with Gasteiger partial charge in [-0.1, -0.05) is 12.1 Å². The van der Waals surface area contributed by atoms with E-state index < -0.39 is 0 Å². The number of aromatic nitrogens is 1. The molecule has 1 N–H and O–H groups in total. The monoisotopic (exact) mass is 256 g/mol. The lowest BCUT2D eigenvalue weighted by Crippen LogP contribution is -2.03. The summed E-state index contributed by atoms with van der Waals surface area (Å²) in [5.74, 6) is 1.69. The zero-order valence-electron chi connectivity index (χ0n) is 10.6. The molecule has 3 rings (SSSR count). The van der Waals surface area contributed by atoms with Crippen LogP contribution in [0.5, 0.6) is 11.5 Å². The van der Waals surface area contributed by atoms with E-state index >= 15 is 0 Å². The number of fused-ring (bicyclic) bond motifs is 1. The third-order valence-electron chi connectivity index (χ3n) is 3.00. The fraction of sp³-hybridized carbons (Fsp3) is 0.267.